The summed E-state index contributed by atoms with van der Waals surface area (Å²) in [6.07, 6.45) is 3.81. The van der Waals surface area contributed by atoms with Gasteiger partial charge < -0.3 is 10.6 Å². The van der Waals surface area contributed by atoms with E-state index in [1.807, 2.05) is 13.2 Å². The summed E-state index contributed by atoms with van der Waals surface area (Å²) < 4.78 is 1.81. The maximum atomic E-state index is 12.1. The molecule has 2 rings (SSSR count). The Morgan fingerprint density at radius 1 is 1.67 bits per heavy atom. The number of hydrogen-bond donors (Lipinski definition) is 2. The Bertz CT molecular complexity index is 427. The maximum absolute atomic E-state index is 12.1. The number of carbonyl (C=O) groups is 1. The van der Waals surface area contributed by atoms with Gasteiger partial charge in [0.15, 0.2) is 0 Å². The van der Waals surface area contributed by atoms with E-state index in [2.05, 4.69) is 29.6 Å². The van der Waals surface area contributed by atoms with Crippen LogP contribution >= 0.6 is 0 Å². The second-order valence-electron chi connectivity index (χ2n) is 4.98. The highest BCUT2D eigenvalue weighted by Gasteiger charge is 2.29. The Kier molecular flexibility index (Phi) is 4.01. The molecule has 18 heavy (non-hydrogen) atoms. The first-order valence-electron chi connectivity index (χ1n) is 6.64. The fourth-order valence-electron chi connectivity index (χ4n) is 2.56. The molecule has 1 aliphatic heterocycles. The van der Waals surface area contributed by atoms with E-state index < -0.39 is 0 Å². The Balaban J connectivity index is 1.92. The molecule has 0 radical (unpaired) electrons. The van der Waals surface area contributed by atoms with Crippen LogP contribution in [-0.2, 0) is 24.8 Å². The van der Waals surface area contributed by atoms with Crippen LogP contribution in [0.5, 0.6) is 0 Å². The molecule has 1 aromatic heterocycles. The molecule has 1 saturated heterocycles. The lowest BCUT2D eigenvalue weighted by molar-refractivity contribution is -0.125. The van der Waals surface area contributed by atoms with Crippen molar-refractivity contribution in [2.24, 2.45) is 13.0 Å². The van der Waals surface area contributed by atoms with Crippen molar-refractivity contribution in [3.05, 3.63) is 17.5 Å². The van der Waals surface area contributed by atoms with Crippen LogP contribution in [0.1, 0.15) is 31.5 Å². The summed E-state index contributed by atoms with van der Waals surface area (Å²) in [5.74, 6) is 0.255. The molecule has 0 aliphatic carbocycles. The van der Waals surface area contributed by atoms with Gasteiger partial charge in [-0.15, -0.1) is 0 Å². The Labute approximate surface area is 108 Å². The molecule has 1 aliphatic rings. The molecule has 2 unspecified atom stereocenters. The molecule has 0 spiro atoms. The van der Waals surface area contributed by atoms with Crippen molar-refractivity contribution in [2.75, 3.05) is 6.54 Å². The van der Waals surface area contributed by atoms with Gasteiger partial charge in [-0.25, -0.2) is 0 Å². The fourth-order valence-corrected chi connectivity index (χ4v) is 2.56. The molecule has 0 aromatic carbocycles. The van der Waals surface area contributed by atoms with Crippen LogP contribution < -0.4 is 10.6 Å². The van der Waals surface area contributed by atoms with Crippen LogP contribution in [0, 0.1) is 5.92 Å². The summed E-state index contributed by atoms with van der Waals surface area (Å²) in [4.78, 5) is 12.1. The van der Waals surface area contributed by atoms with E-state index in [0.717, 1.165) is 30.6 Å². The first-order chi connectivity index (χ1) is 8.61. The lowest BCUT2D eigenvalue weighted by Crippen LogP contribution is -2.36. The van der Waals surface area contributed by atoms with Crippen LogP contribution in [0.4, 0.5) is 0 Å². The predicted octanol–water partition coefficient (Wildman–Crippen LogP) is 0.597. The summed E-state index contributed by atoms with van der Waals surface area (Å²) in [6, 6.07) is 0.282. The van der Waals surface area contributed by atoms with Crippen LogP contribution in [0.2, 0.25) is 0 Å². The molecule has 0 bridgehead atoms. The van der Waals surface area contributed by atoms with Crippen LogP contribution in [0.3, 0.4) is 0 Å². The van der Waals surface area contributed by atoms with Crippen molar-refractivity contribution >= 4 is 5.91 Å². The second-order valence-corrected chi connectivity index (χ2v) is 4.98. The van der Waals surface area contributed by atoms with Crippen molar-refractivity contribution in [1.82, 2.24) is 20.4 Å². The molecule has 2 N–H and O–H groups in total. The first kappa shape index (κ1) is 13.1. The van der Waals surface area contributed by atoms with Gasteiger partial charge in [-0.2, -0.15) is 5.10 Å². The Morgan fingerprint density at radius 3 is 3.06 bits per heavy atom. The lowest BCUT2D eigenvalue weighted by Gasteiger charge is -2.14. The highest BCUT2D eigenvalue weighted by atomic mass is 16.1. The second kappa shape index (κ2) is 5.52. The van der Waals surface area contributed by atoms with Gasteiger partial charge in [0.25, 0.3) is 0 Å². The molecule has 5 heteroatoms. The average molecular weight is 250 g/mol. The number of carbonyl (C=O) groups excluding carboxylic acids is 1. The predicted molar refractivity (Wildman–Crippen MR) is 70.0 cm³/mol. The summed E-state index contributed by atoms with van der Waals surface area (Å²) in [7, 11) is 1.91. The molecular weight excluding hydrogens is 228 g/mol. The Morgan fingerprint density at radius 2 is 2.44 bits per heavy atom. The monoisotopic (exact) mass is 250 g/mol. The van der Waals surface area contributed by atoms with Crippen molar-refractivity contribution in [3.8, 4) is 0 Å². The highest BCUT2D eigenvalue weighted by molar-refractivity contribution is 5.79. The van der Waals surface area contributed by atoms with Gasteiger partial charge in [0.1, 0.15) is 0 Å². The van der Waals surface area contributed by atoms with E-state index in [9.17, 15) is 4.79 Å². The van der Waals surface area contributed by atoms with Crippen LogP contribution in [-0.4, -0.2) is 28.3 Å². The minimum Gasteiger partial charge on any atom is -0.352 e. The van der Waals surface area contributed by atoms with Crippen LogP contribution in [0.15, 0.2) is 6.20 Å². The number of nitrogens with one attached hydrogen (secondary N) is 2. The van der Waals surface area contributed by atoms with Gasteiger partial charge in [0.2, 0.25) is 5.91 Å². The maximum Gasteiger partial charge on any atom is 0.224 e. The molecule has 5 nitrogen and oxygen atoms in total. The third kappa shape index (κ3) is 2.72. The van der Waals surface area contributed by atoms with Gasteiger partial charge in [-0.05, 0) is 26.3 Å². The number of aryl methyl sites for hydroxylation is 2. The van der Waals surface area contributed by atoms with E-state index in [0.29, 0.717) is 6.54 Å². The molecule has 1 fully saturated rings. The van der Waals surface area contributed by atoms with E-state index in [-0.39, 0.29) is 17.9 Å². The quantitative estimate of drug-likeness (QED) is 0.822. The lowest BCUT2D eigenvalue weighted by atomic mass is 10.0. The first-order valence-corrected chi connectivity index (χ1v) is 6.64. The number of rotatable bonds is 4. The summed E-state index contributed by atoms with van der Waals surface area (Å²) in [6.45, 7) is 5.67. The molecule has 1 amide bonds. The van der Waals surface area contributed by atoms with E-state index in [1.165, 1.54) is 0 Å². The molecule has 2 atom stereocenters. The molecular formula is C13H22N4O. The zero-order chi connectivity index (χ0) is 13.1. The summed E-state index contributed by atoms with van der Waals surface area (Å²) in [5, 5.41) is 10.7. The van der Waals surface area contributed by atoms with Crippen molar-refractivity contribution in [1.29, 1.82) is 0 Å². The van der Waals surface area contributed by atoms with Gasteiger partial charge in [-0.3, -0.25) is 9.48 Å². The zero-order valence-electron chi connectivity index (χ0n) is 11.4. The number of hydrogen-bond acceptors (Lipinski definition) is 3. The van der Waals surface area contributed by atoms with Gasteiger partial charge >= 0.3 is 0 Å². The summed E-state index contributed by atoms with van der Waals surface area (Å²) in [5.41, 5.74) is 2.18. The van der Waals surface area contributed by atoms with E-state index >= 15 is 0 Å². The zero-order valence-corrected chi connectivity index (χ0v) is 11.4. The normalized spacial score (nSPS) is 23.3. The fraction of sp³-hybridized carbons (Fsp3) is 0.692. The van der Waals surface area contributed by atoms with Crippen LogP contribution in [0.25, 0.3) is 0 Å². The van der Waals surface area contributed by atoms with Gasteiger partial charge in [0.05, 0.1) is 11.6 Å². The summed E-state index contributed by atoms with van der Waals surface area (Å²) >= 11 is 0. The van der Waals surface area contributed by atoms with Gasteiger partial charge in [0, 0.05) is 31.4 Å². The average Bonchev–Trinajstić information content (AvgIpc) is 2.92. The number of amides is 1. The smallest absolute Gasteiger partial charge is 0.224 e. The molecule has 100 valence electrons. The minimum absolute atomic E-state index is 0.103. The van der Waals surface area contributed by atoms with Gasteiger partial charge in [-0.1, -0.05) is 6.92 Å². The SMILES string of the molecule is CCc1nn(C)cc1CNC(=O)C1CCNC1C. The third-order valence-corrected chi connectivity index (χ3v) is 3.64. The number of aromatic nitrogens is 2. The van der Waals surface area contributed by atoms with Crippen molar-refractivity contribution in [3.63, 3.8) is 0 Å². The molecule has 2 heterocycles. The standard InChI is InChI=1S/C13H22N4O/c1-4-12-10(8-17(3)16-12)7-15-13(18)11-5-6-14-9(11)2/h8-9,11,14H,4-7H2,1-3H3,(H,15,18). The topological polar surface area (TPSA) is 59.0 Å². The van der Waals surface area contributed by atoms with E-state index in [4.69, 9.17) is 0 Å². The Hall–Kier alpha value is -1.36. The number of nitrogens with zero attached hydrogens (tertiary/aromatic N) is 2. The minimum atomic E-state index is 0.103. The largest absolute Gasteiger partial charge is 0.352 e. The van der Waals surface area contributed by atoms with Crippen molar-refractivity contribution < 1.29 is 4.79 Å². The van der Waals surface area contributed by atoms with Crippen molar-refractivity contribution in [2.45, 2.75) is 39.3 Å². The highest BCUT2D eigenvalue weighted by Crippen LogP contribution is 2.15. The molecule has 0 saturated carbocycles. The van der Waals surface area contributed by atoms with E-state index in [1.54, 1.807) is 4.68 Å². The molecule has 1 aromatic rings. The third-order valence-electron chi connectivity index (χ3n) is 3.64.